The van der Waals surface area contributed by atoms with Gasteiger partial charge in [0.1, 0.15) is 11.7 Å². The smallest absolute Gasteiger partial charge is 0.317 e. The van der Waals surface area contributed by atoms with Crippen LogP contribution < -0.4 is 0 Å². The van der Waals surface area contributed by atoms with Crippen LogP contribution in [0.5, 0.6) is 0 Å². The van der Waals surface area contributed by atoms with E-state index in [-0.39, 0.29) is 31.5 Å². The van der Waals surface area contributed by atoms with Gasteiger partial charge in [-0.2, -0.15) is 0 Å². The zero-order valence-corrected chi connectivity index (χ0v) is 18.2. The standard InChI is InChI=1S/C23H31FO6/c1-13(2)11-29-21(26)19-17(25)10-23(5,28)20(22(27)30-12-14(3)4)18(19)15-6-8-16(24)9-7-15/h6-9,13-14,18-20,28H,10-12H2,1-5H3/t18-,19-,20+,23-/m0/s1. The first-order valence-corrected chi connectivity index (χ1v) is 10.3. The molecule has 30 heavy (non-hydrogen) atoms. The lowest BCUT2D eigenvalue weighted by atomic mass is 9.61. The van der Waals surface area contributed by atoms with Crippen LogP contribution in [0.2, 0.25) is 0 Å². The Morgan fingerprint density at radius 1 is 1.07 bits per heavy atom. The van der Waals surface area contributed by atoms with Crippen LogP contribution in [0.25, 0.3) is 0 Å². The van der Waals surface area contributed by atoms with Gasteiger partial charge in [-0.1, -0.05) is 39.8 Å². The van der Waals surface area contributed by atoms with E-state index in [1.165, 1.54) is 31.2 Å². The second-order valence-corrected chi connectivity index (χ2v) is 9.08. The third-order valence-corrected chi connectivity index (χ3v) is 5.15. The van der Waals surface area contributed by atoms with Crippen LogP contribution in [0.1, 0.15) is 52.5 Å². The summed E-state index contributed by atoms with van der Waals surface area (Å²) in [6, 6.07) is 5.21. The molecule has 166 valence electrons. The molecule has 0 radical (unpaired) electrons. The molecule has 1 fully saturated rings. The summed E-state index contributed by atoms with van der Waals surface area (Å²) in [5, 5.41) is 11.0. The molecule has 0 unspecified atom stereocenters. The number of hydrogen-bond acceptors (Lipinski definition) is 6. The average Bonchev–Trinajstić information content (AvgIpc) is 2.63. The molecule has 1 saturated carbocycles. The Bertz CT molecular complexity index is 768. The van der Waals surface area contributed by atoms with Gasteiger partial charge in [0.25, 0.3) is 0 Å². The maximum Gasteiger partial charge on any atom is 0.317 e. The van der Waals surface area contributed by atoms with Gasteiger partial charge in [-0.05, 0) is 36.5 Å². The van der Waals surface area contributed by atoms with Crippen LogP contribution in [-0.2, 0) is 23.9 Å². The molecule has 1 aromatic rings. The Labute approximate surface area is 176 Å². The largest absolute Gasteiger partial charge is 0.465 e. The maximum atomic E-state index is 13.5. The number of carbonyl (C=O) groups is 3. The van der Waals surface area contributed by atoms with Crippen LogP contribution in [0.3, 0.4) is 0 Å². The van der Waals surface area contributed by atoms with E-state index in [1.807, 2.05) is 27.7 Å². The van der Waals surface area contributed by atoms with Gasteiger partial charge in [-0.25, -0.2) is 4.39 Å². The summed E-state index contributed by atoms with van der Waals surface area (Å²) in [4.78, 5) is 38.7. The highest BCUT2D eigenvalue weighted by Gasteiger charge is 2.57. The number of halogens is 1. The fourth-order valence-electron chi connectivity index (χ4n) is 3.78. The summed E-state index contributed by atoms with van der Waals surface area (Å²) < 4.78 is 24.2. The summed E-state index contributed by atoms with van der Waals surface area (Å²) in [6.45, 7) is 9.13. The van der Waals surface area contributed by atoms with E-state index in [2.05, 4.69) is 0 Å². The second kappa shape index (κ2) is 9.69. The molecule has 0 amide bonds. The number of ether oxygens (including phenoxy) is 2. The van der Waals surface area contributed by atoms with Crippen molar-refractivity contribution in [3.63, 3.8) is 0 Å². The number of hydrogen-bond donors (Lipinski definition) is 1. The van der Waals surface area contributed by atoms with Crippen LogP contribution in [0.15, 0.2) is 24.3 Å². The lowest BCUT2D eigenvalue weighted by Crippen LogP contribution is -2.55. The molecule has 6 nitrogen and oxygen atoms in total. The number of ketones is 1. The minimum Gasteiger partial charge on any atom is -0.465 e. The van der Waals surface area contributed by atoms with Gasteiger partial charge < -0.3 is 14.6 Å². The quantitative estimate of drug-likeness (QED) is 0.536. The van der Waals surface area contributed by atoms with Crippen molar-refractivity contribution in [1.82, 2.24) is 0 Å². The van der Waals surface area contributed by atoms with Gasteiger partial charge in [-0.3, -0.25) is 14.4 Å². The molecule has 1 aliphatic carbocycles. The fraction of sp³-hybridized carbons (Fsp3) is 0.609. The Kier molecular flexibility index (Phi) is 7.75. The first-order chi connectivity index (χ1) is 13.9. The SMILES string of the molecule is CC(C)COC(=O)[C@H]1C(=O)C[C@](C)(O)[C@@H](C(=O)OCC(C)C)[C@H]1c1ccc(F)cc1. The van der Waals surface area contributed by atoms with Crippen molar-refractivity contribution < 1.29 is 33.4 Å². The highest BCUT2D eigenvalue weighted by molar-refractivity contribution is 6.02. The molecule has 1 N–H and O–H groups in total. The van der Waals surface area contributed by atoms with Gasteiger partial charge in [0.2, 0.25) is 0 Å². The molecule has 0 spiro atoms. The summed E-state index contributed by atoms with van der Waals surface area (Å²) in [6.07, 6.45) is -0.381. The third-order valence-electron chi connectivity index (χ3n) is 5.15. The molecule has 0 saturated heterocycles. The molecule has 4 atom stereocenters. The molecule has 7 heteroatoms. The van der Waals surface area contributed by atoms with Gasteiger partial charge >= 0.3 is 11.9 Å². The average molecular weight is 422 g/mol. The van der Waals surface area contributed by atoms with Crippen LogP contribution in [0.4, 0.5) is 4.39 Å². The van der Waals surface area contributed by atoms with Crippen LogP contribution >= 0.6 is 0 Å². The normalized spacial score (nSPS) is 26.7. The van der Waals surface area contributed by atoms with E-state index in [4.69, 9.17) is 9.47 Å². The molecular weight excluding hydrogens is 391 g/mol. The summed E-state index contributed by atoms with van der Waals surface area (Å²) in [5.41, 5.74) is -1.33. The summed E-state index contributed by atoms with van der Waals surface area (Å²) in [7, 11) is 0. The molecule has 0 heterocycles. The first kappa shape index (κ1) is 24.0. The van der Waals surface area contributed by atoms with E-state index in [1.54, 1.807) is 0 Å². The van der Waals surface area contributed by atoms with E-state index >= 15 is 0 Å². The Morgan fingerprint density at radius 3 is 2.07 bits per heavy atom. The number of Topliss-reactive ketones (excluding diaryl/α,β-unsaturated/α-hetero) is 1. The van der Waals surface area contributed by atoms with E-state index in [0.29, 0.717) is 5.56 Å². The van der Waals surface area contributed by atoms with Gasteiger partial charge in [0.05, 0.1) is 24.7 Å². The highest BCUT2D eigenvalue weighted by Crippen LogP contribution is 2.46. The number of aliphatic hydroxyl groups is 1. The molecule has 0 aromatic heterocycles. The highest BCUT2D eigenvalue weighted by atomic mass is 19.1. The van der Waals surface area contributed by atoms with Crippen LogP contribution in [0, 0.1) is 29.5 Å². The lowest BCUT2D eigenvalue weighted by molar-refractivity contribution is -0.173. The zero-order valence-electron chi connectivity index (χ0n) is 18.2. The van der Waals surface area contributed by atoms with E-state index < -0.39 is 46.9 Å². The number of carbonyl (C=O) groups excluding carboxylic acids is 3. The summed E-state index contributed by atoms with van der Waals surface area (Å²) >= 11 is 0. The fourth-order valence-corrected chi connectivity index (χ4v) is 3.78. The summed E-state index contributed by atoms with van der Waals surface area (Å²) in [5.74, 6) is -5.82. The topological polar surface area (TPSA) is 89.9 Å². The number of benzene rings is 1. The van der Waals surface area contributed by atoms with Gasteiger partial charge in [0, 0.05) is 12.3 Å². The molecule has 2 rings (SSSR count). The van der Waals surface area contributed by atoms with Gasteiger partial charge in [0.15, 0.2) is 5.78 Å². The number of rotatable bonds is 7. The monoisotopic (exact) mass is 422 g/mol. The molecular formula is C23H31FO6. The Hall–Kier alpha value is -2.28. The molecule has 1 aromatic carbocycles. The lowest BCUT2D eigenvalue weighted by Gasteiger charge is -2.43. The Morgan fingerprint density at radius 2 is 1.57 bits per heavy atom. The van der Waals surface area contributed by atoms with Crippen molar-refractivity contribution >= 4 is 17.7 Å². The van der Waals surface area contributed by atoms with Crippen molar-refractivity contribution in [3.8, 4) is 0 Å². The molecule has 0 aliphatic heterocycles. The molecule has 1 aliphatic rings. The minimum absolute atomic E-state index is 0.0619. The predicted octanol–water partition coefficient (Wildman–Crippen LogP) is 3.26. The van der Waals surface area contributed by atoms with Crippen molar-refractivity contribution in [2.45, 2.75) is 52.6 Å². The van der Waals surface area contributed by atoms with E-state index in [9.17, 15) is 23.9 Å². The first-order valence-electron chi connectivity index (χ1n) is 10.3. The van der Waals surface area contributed by atoms with Crippen LogP contribution in [-0.4, -0.2) is 41.6 Å². The van der Waals surface area contributed by atoms with Gasteiger partial charge in [-0.15, -0.1) is 0 Å². The maximum absolute atomic E-state index is 13.5. The second-order valence-electron chi connectivity index (χ2n) is 9.08. The van der Waals surface area contributed by atoms with Crippen molar-refractivity contribution in [2.75, 3.05) is 13.2 Å². The molecule has 0 bridgehead atoms. The minimum atomic E-state index is -1.72. The van der Waals surface area contributed by atoms with Crippen molar-refractivity contribution in [2.24, 2.45) is 23.7 Å². The van der Waals surface area contributed by atoms with E-state index in [0.717, 1.165) is 0 Å². The van der Waals surface area contributed by atoms with Crippen molar-refractivity contribution in [3.05, 3.63) is 35.6 Å². The van der Waals surface area contributed by atoms with Crippen molar-refractivity contribution in [1.29, 1.82) is 0 Å². The number of esters is 2. The Balaban J connectivity index is 2.51. The predicted molar refractivity (Wildman–Crippen MR) is 108 cm³/mol. The third kappa shape index (κ3) is 5.65. The zero-order chi connectivity index (χ0) is 22.6.